The Morgan fingerprint density at radius 2 is 1.62 bits per heavy atom. The second-order valence-corrected chi connectivity index (χ2v) is 12.1. The van der Waals surface area contributed by atoms with Crippen LogP contribution in [0.5, 0.6) is 0 Å². The van der Waals surface area contributed by atoms with Crippen LogP contribution in [0.25, 0.3) is 5.57 Å². The summed E-state index contributed by atoms with van der Waals surface area (Å²) >= 11 is 0. The number of ether oxygens (including phenoxy) is 2. The summed E-state index contributed by atoms with van der Waals surface area (Å²) < 4.78 is 10.9. The van der Waals surface area contributed by atoms with Crippen molar-refractivity contribution in [3.8, 4) is 0 Å². The maximum Gasteiger partial charge on any atom is 0.0605 e. The zero-order valence-electron chi connectivity index (χ0n) is 22.5. The minimum atomic E-state index is 0.222. The van der Waals surface area contributed by atoms with Crippen molar-refractivity contribution in [2.24, 2.45) is 10.8 Å². The van der Waals surface area contributed by atoms with Gasteiger partial charge in [-0.2, -0.15) is 0 Å². The number of piperazine rings is 1. The van der Waals surface area contributed by atoms with Crippen LogP contribution in [0, 0.1) is 10.8 Å². The molecule has 5 nitrogen and oxygen atoms in total. The van der Waals surface area contributed by atoms with Gasteiger partial charge in [0.1, 0.15) is 0 Å². The van der Waals surface area contributed by atoms with Crippen molar-refractivity contribution in [2.75, 3.05) is 76.4 Å². The van der Waals surface area contributed by atoms with Gasteiger partial charge in [-0.05, 0) is 60.3 Å². The maximum absolute atomic E-state index is 5.62. The van der Waals surface area contributed by atoms with Crippen molar-refractivity contribution in [1.82, 2.24) is 4.90 Å². The van der Waals surface area contributed by atoms with Crippen LogP contribution in [0.2, 0.25) is 0 Å². The van der Waals surface area contributed by atoms with E-state index in [4.69, 9.17) is 9.47 Å². The van der Waals surface area contributed by atoms with Gasteiger partial charge in [0, 0.05) is 77.0 Å². The summed E-state index contributed by atoms with van der Waals surface area (Å²) in [6, 6.07) is 7.28. The highest BCUT2D eigenvalue weighted by Gasteiger charge is 2.35. The molecule has 2 saturated heterocycles. The van der Waals surface area contributed by atoms with E-state index in [9.17, 15) is 0 Å². The molecule has 2 heterocycles. The molecule has 5 heteroatoms. The molecule has 1 aromatic carbocycles. The molecule has 0 amide bonds. The Labute approximate surface area is 208 Å². The monoisotopic (exact) mass is 469 g/mol. The van der Waals surface area contributed by atoms with Crippen LogP contribution in [0.15, 0.2) is 24.3 Å². The second-order valence-electron chi connectivity index (χ2n) is 12.1. The third kappa shape index (κ3) is 6.16. The van der Waals surface area contributed by atoms with Gasteiger partial charge in [0.25, 0.3) is 0 Å². The summed E-state index contributed by atoms with van der Waals surface area (Å²) in [6.45, 7) is 18.0. The number of hydrogen-bond acceptors (Lipinski definition) is 5. The summed E-state index contributed by atoms with van der Waals surface area (Å²) in [4.78, 5) is 7.71. The lowest BCUT2D eigenvalue weighted by Crippen LogP contribution is -2.47. The van der Waals surface area contributed by atoms with E-state index in [1.54, 1.807) is 7.11 Å². The molecule has 0 unspecified atom stereocenters. The van der Waals surface area contributed by atoms with Crippen molar-refractivity contribution in [2.45, 2.75) is 59.5 Å². The molecule has 4 rings (SSSR count). The first-order valence-corrected chi connectivity index (χ1v) is 13.3. The molecule has 0 radical (unpaired) electrons. The molecule has 3 aliphatic rings. The van der Waals surface area contributed by atoms with Crippen molar-refractivity contribution >= 4 is 16.9 Å². The van der Waals surface area contributed by atoms with E-state index in [2.05, 4.69) is 66.7 Å². The van der Waals surface area contributed by atoms with Gasteiger partial charge >= 0.3 is 0 Å². The number of piperidine rings is 1. The number of anilines is 2. The topological polar surface area (TPSA) is 28.2 Å². The molecule has 1 aromatic rings. The van der Waals surface area contributed by atoms with Gasteiger partial charge in [-0.1, -0.05) is 33.8 Å². The zero-order chi connectivity index (χ0) is 24.3. The number of hydrogen-bond donors (Lipinski definition) is 0. The van der Waals surface area contributed by atoms with E-state index in [0.29, 0.717) is 11.5 Å². The summed E-state index contributed by atoms with van der Waals surface area (Å²) in [7, 11) is 3.64. The highest BCUT2D eigenvalue weighted by molar-refractivity contribution is 5.81. The number of allylic oxidation sites excluding steroid dienone is 2. The van der Waals surface area contributed by atoms with Crippen LogP contribution in [0.3, 0.4) is 0 Å². The van der Waals surface area contributed by atoms with E-state index in [-0.39, 0.29) is 5.41 Å². The van der Waals surface area contributed by atoms with Gasteiger partial charge in [0.05, 0.1) is 12.7 Å². The quantitative estimate of drug-likeness (QED) is 0.540. The van der Waals surface area contributed by atoms with E-state index in [0.717, 1.165) is 71.7 Å². The third-order valence-electron chi connectivity index (χ3n) is 7.96. The number of benzene rings is 1. The molecule has 0 aromatic heterocycles. The summed E-state index contributed by atoms with van der Waals surface area (Å²) in [5, 5.41) is 0. The van der Waals surface area contributed by atoms with E-state index in [1.165, 1.54) is 28.9 Å². The highest BCUT2D eigenvalue weighted by Crippen LogP contribution is 2.49. The fourth-order valence-electron chi connectivity index (χ4n) is 6.59. The fourth-order valence-corrected chi connectivity index (χ4v) is 6.59. The predicted molar refractivity (Wildman–Crippen MR) is 144 cm³/mol. The predicted octanol–water partition coefficient (Wildman–Crippen LogP) is 5.30. The van der Waals surface area contributed by atoms with Gasteiger partial charge < -0.3 is 19.3 Å². The van der Waals surface area contributed by atoms with Gasteiger partial charge in [-0.15, -0.1) is 0 Å². The van der Waals surface area contributed by atoms with Crippen LogP contribution < -0.4 is 9.80 Å². The SMILES string of the molecule is COCCN1CCN(c2ccc(N3CCC(OC)CC3)cc2C2=CC(C)(C)CC(C)(C)C2)CC1. The lowest BCUT2D eigenvalue weighted by molar-refractivity contribution is 0.0819. The van der Waals surface area contributed by atoms with Crippen LogP contribution in [-0.2, 0) is 9.47 Å². The first kappa shape index (κ1) is 25.5. The Kier molecular flexibility index (Phi) is 7.95. The molecule has 0 N–H and O–H groups in total. The molecule has 0 atom stereocenters. The lowest BCUT2D eigenvalue weighted by Gasteiger charge is -2.42. The molecule has 1 aliphatic carbocycles. The first-order valence-electron chi connectivity index (χ1n) is 13.3. The van der Waals surface area contributed by atoms with Gasteiger partial charge in [-0.25, -0.2) is 0 Å². The normalized spacial score (nSPS) is 23.8. The van der Waals surface area contributed by atoms with E-state index in [1.807, 2.05) is 7.11 Å². The number of nitrogens with zero attached hydrogens (tertiary/aromatic N) is 3. The molecule has 0 spiro atoms. The average Bonchev–Trinajstić information content (AvgIpc) is 2.81. The van der Waals surface area contributed by atoms with Crippen LogP contribution in [-0.4, -0.2) is 77.6 Å². The largest absolute Gasteiger partial charge is 0.383 e. The molecule has 0 saturated carbocycles. The molecule has 190 valence electrons. The number of rotatable bonds is 7. The fraction of sp³-hybridized carbons (Fsp3) is 0.724. The van der Waals surface area contributed by atoms with Crippen LogP contribution in [0.1, 0.15) is 58.9 Å². The van der Waals surface area contributed by atoms with E-state index < -0.39 is 0 Å². The molecular formula is C29H47N3O2. The smallest absolute Gasteiger partial charge is 0.0605 e. The Hall–Kier alpha value is -1.56. The van der Waals surface area contributed by atoms with Gasteiger partial charge in [0.2, 0.25) is 0 Å². The van der Waals surface area contributed by atoms with Crippen molar-refractivity contribution in [1.29, 1.82) is 0 Å². The highest BCUT2D eigenvalue weighted by atomic mass is 16.5. The zero-order valence-corrected chi connectivity index (χ0v) is 22.5. The van der Waals surface area contributed by atoms with Crippen molar-refractivity contribution in [3.05, 3.63) is 29.8 Å². The Bertz CT molecular complexity index is 847. The van der Waals surface area contributed by atoms with Gasteiger partial charge in [-0.3, -0.25) is 4.90 Å². The first-order chi connectivity index (χ1) is 16.2. The van der Waals surface area contributed by atoms with E-state index >= 15 is 0 Å². The maximum atomic E-state index is 5.62. The third-order valence-corrected chi connectivity index (χ3v) is 7.96. The molecule has 2 fully saturated rings. The minimum absolute atomic E-state index is 0.222. The lowest BCUT2D eigenvalue weighted by atomic mass is 9.65. The van der Waals surface area contributed by atoms with Gasteiger partial charge in [0.15, 0.2) is 0 Å². The van der Waals surface area contributed by atoms with Crippen molar-refractivity contribution in [3.63, 3.8) is 0 Å². The summed E-state index contributed by atoms with van der Waals surface area (Å²) in [5.41, 5.74) is 6.32. The van der Waals surface area contributed by atoms with Crippen LogP contribution in [0.4, 0.5) is 11.4 Å². The average molecular weight is 470 g/mol. The minimum Gasteiger partial charge on any atom is -0.383 e. The molecule has 2 aliphatic heterocycles. The molecular weight excluding hydrogens is 422 g/mol. The van der Waals surface area contributed by atoms with Crippen molar-refractivity contribution < 1.29 is 9.47 Å². The summed E-state index contributed by atoms with van der Waals surface area (Å²) in [6.07, 6.45) is 7.59. The molecule has 34 heavy (non-hydrogen) atoms. The Balaban J connectivity index is 1.63. The molecule has 0 bridgehead atoms. The Morgan fingerprint density at radius 3 is 2.24 bits per heavy atom. The van der Waals surface area contributed by atoms with Crippen LogP contribution >= 0.6 is 0 Å². The number of methoxy groups -OCH3 is 2. The Morgan fingerprint density at radius 1 is 0.912 bits per heavy atom. The summed E-state index contributed by atoms with van der Waals surface area (Å²) in [5.74, 6) is 0. The standard InChI is InChI=1S/C29H47N3O2/c1-28(2)20-23(21-29(3,4)22-28)26-19-24(31-11-9-25(34-6)10-12-31)7-8-27(26)32-15-13-30(14-16-32)17-18-33-5/h7-8,19-20,25H,9-18,21-22H2,1-6H3. The second kappa shape index (κ2) is 10.6.